The van der Waals surface area contributed by atoms with Crippen LogP contribution in [-0.2, 0) is 9.59 Å². The summed E-state index contributed by atoms with van der Waals surface area (Å²) in [5, 5.41) is 0. The number of rotatable bonds is 6. The van der Waals surface area contributed by atoms with Crippen molar-refractivity contribution in [3.8, 4) is 0 Å². The van der Waals surface area contributed by atoms with Gasteiger partial charge in [0.15, 0.2) is 0 Å². The molecule has 82 valence electrons. The van der Waals surface area contributed by atoms with Gasteiger partial charge in [-0.1, -0.05) is 21.6 Å². The largest absolute Gasteiger partial charge is 0.330 e. The van der Waals surface area contributed by atoms with E-state index in [0.29, 0.717) is 13.1 Å². The lowest BCUT2D eigenvalue weighted by Gasteiger charge is -2.16. The van der Waals surface area contributed by atoms with E-state index in [1.54, 1.807) is 21.6 Å². The van der Waals surface area contributed by atoms with Gasteiger partial charge in [0.2, 0.25) is 11.8 Å². The van der Waals surface area contributed by atoms with Gasteiger partial charge in [-0.05, 0) is 0 Å². The molecule has 2 N–H and O–H groups in total. The van der Waals surface area contributed by atoms with Crippen molar-refractivity contribution in [3.05, 3.63) is 0 Å². The molecule has 0 fully saturated rings. The molecule has 2 amide bonds. The molecule has 0 spiro atoms. The summed E-state index contributed by atoms with van der Waals surface area (Å²) in [7, 11) is 3.29. The van der Waals surface area contributed by atoms with Crippen molar-refractivity contribution < 1.29 is 9.59 Å². The Morgan fingerprint density at radius 1 is 1.14 bits per heavy atom. The summed E-state index contributed by atoms with van der Waals surface area (Å²) in [6.45, 7) is 3.94. The molecule has 0 radical (unpaired) electrons. The van der Waals surface area contributed by atoms with E-state index in [-0.39, 0.29) is 11.8 Å². The maximum Gasteiger partial charge on any atom is 0.226 e. The molecule has 0 saturated carbocycles. The van der Waals surface area contributed by atoms with Gasteiger partial charge < -0.3 is 5.73 Å². The zero-order chi connectivity index (χ0) is 11.0. The van der Waals surface area contributed by atoms with Crippen molar-refractivity contribution in [1.82, 2.24) is 4.90 Å². The van der Waals surface area contributed by atoms with E-state index >= 15 is 0 Å². The minimum Gasteiger partial charge on any atom is -0.330 e. The van der Waals surface area contributed by atoms with Gasteiger partial charge in [-0.25, -0.2) is 0 Å². The number of hydrogen-bond donors (Lipinski definition) is 1. The lowest BCUT2D eigenvalue weighted by molar-refractivity contribution is -0.141. The van der Waals surface area contributed by atoms with Gasteiger partial charge in [0.1, 0.15) is 0 Å². The first kappa shape index (κ1) is 13.8. The first-order valence-corrected chi connectivity index (χ1v) is 6.81. The highest BCUT2D eigenvalue weighted by molar-refractivity contribution is 8.76. The average molecular weight is 236 g/mol. The van der Waals surface area contributed by atoms with Crippen LogP contribution in [0.25, 0.3) is 0 Å². The lowest BCUT2D eigenvalue weighted by atomic mass is 10.5. The molecular formula is C8H16N2O2S2. The van der Waals surface area contributed by atoms with Crippen LogP contribution in [0, 0.1) is 0 Å². The lowest BCUT2D eigenvalue weighted by Crippen LogP contribution is -2.34. The highest BCUT2D eigenvalue weighted by Gasteiger charge is 2.12. The zero-order valence-corrected chi connectivity index (χ0v) is 10.1. The van der Waals surface area contributed by atoms with Gasteiger partial charge in [-0.2, -0.15) is 0 Å². The molecule has 0 unspecified atom stereocenters. The second-order valence-corrected chi connectivity index (χ2v) is 5.32. The van der Waals surface area contributed by atoms with Gasteiger partial charge in [-0.15, -0.1) is 0 Å². The van der Waals surface area contributed by atoms with E-state index < -0.39 is 0 Å². The fraction of sp³-hybridized carbons (Fsp3) is 0.750. The Labute approximate surface area is 92.4 Å². The molecule has 0 aromatic rings. The smallest absolute Gasteiger partial charge is 0.226 e. The fourth-order valence-corrected chi connectivity index (χ4v) is 2.64. The Morgan fingerprint density at radius 3 is 2.07 bits per heavy atom. The van der Waals surface area contributed by atoms with Crippen LogP contribution in [-0.4, -0.2) is 41.3 Å². The van der Waals surface area contributed by atoms with Gasteiger partial charge in [-0.3, -0.25) is 14.5 Å². The van der Waals surface area contributed by atoms with E-state index in [4.69, 9.17) is 5.73 Å². The predicted octanol–water partition coefficient (Wildman–Crippen LogP) is 0.721. The first-order valence-electron chi connectivity index (χ1n) is 4.32. The molecule has 0 aliphatic heterocycles. The van der Waals surface area contributed by atoms with Crippen LogP contribution >= 0.6 is 21.6 Å². The molecule has 0 saturated heterocycles. The Bertz CT molecular complexity index is 186. The highest BCUT2D eigenvalue weighted by atomic mass is 33.1. The Hall–Kier alpha value is -0.200. The van der Waals surface area contributed by atoms with Crippen molar-refractivity contribution in [2.45, 2.75) is 13.8 Å². The molecule has 6 heteroatoms. The molecule has 0 aromatic heterocycles. The number of hydrogen-bond acceptors (Lipinski definition) is 5. The second kappa shape index (κ2) is 8.14. The minimum atomic E-state index is -0.193. The van der Waals surface area contributed by atoms with E-state index in [0.717, 1.165) is 11.5 Å². The van der Waals surface area contributed by atoms with Crippen LogP contribution in [0.15, 0.2) is 0 Å². The van der Waals surface area contributed by atoms with E-state index in [1.807, 2.05) is 0 Å². The molecule has 0 bridgehead atoms. The van der Waals surface area contributed by atoms with Crippen LogP contribution in [0.5, 0.6) is 0 Å². The number of carbonyl (C=O) groups excluding carboxylic acids is 2. The quantitative estimate of drug-likeness (QED) is 0.544. The summed E-state index contributed by atoms with van der Waals surface area (Å²) in [5.41, 5.74) is 5.31. The van der Waals surface area contributed by atoms with Gasteiger partial charge >= 0.3 is 0 Å². The maximum absolute atomic E-state index is 11.0. The molecule has 0 atom stereocenters. The van der Waals surface area contributed by atoms with Crippen LogP contribution in [0.3, 0.4) is 0 Å². The van der Waals surface area contributed by atoms with E-state index in [9.17, 15) is 9.59 Å². The maximum atomic E-state index is 11.0. The van der Waals surface area contributed by atoms with Gasteiger partial charge in [0, 0.05) is 38.4 Å². The topological polar surface area (TPSA) is 63.4 Å². The average Bonchev–Trinajstić information content (AvgIpc) is 2.09. The number of nitrogens with zero attached hydrogens (tertiary/aromatic N) is 1. The molecule has 0 aliphatic carbocycles. The summed E-state index contributed by atoms with van der Waals surface area (Å²) in [5.74, 6) is 1.26. The van der Waals surface area contributed by atoms with Crippen molar-refractivity contribution in [2.24, 2.45) is 5.73 Å². The summed E-state index contributed by atoms with van der Waals surface area (Å²) >= 11 is 0. The van der Waals surface area contributed by atoms with Crippen LogP contribution in [0.1, 0.15) is 13.8 Å². The van der Waals surface area contributed by atoms with Crippen LogP contribution < -0.4 is 5.73 Å². The Kier molecular flexibility index (Phi) is 8.02. The fourth-order valence-electron chi connectivity index (χ4n) is 0.831. The number of nitrogens with two attached hydrogens (primary N) is 1. The zero-order valence-electron chi connectivity index (χ0n) is 8.49. The summed E-state index contributed by atoms with van der Waals surface area (Å²) in [6.07, 6.45) is 0. The Balaban J connectivity index is 3.62. The van der Waals surface area contributed by atoms with Crippen molar-refractivity contribution in [2.75, 3.05) is 24.6 Å². The number of amides is 2. The van der Waals surface area contributed by atoms with E-state index in [1.165, 1.54) is 18.7 Å². The second-order valence-electron chi connectivity index (χ2n) is 2.62. The van der Waals surface area contributed by atoms with Crippen LogP contribution in [0.2, 0.25) is 0 Å². The van der Waals surface area contributed by atoms with Gasteiger partial charge in [0.25, 0.3) is 0 Å². The third kappa shape index (κ3) is 6.28. The van der Waals surface area contributed by atoms with Crippen molar-refractivity contribution >= 4 is 33.4 Å². The third-order valence-electron chi connectivity index (χ3n) is 1.44. The first-order chi connectivity index (χ1) is 6.59. The summed E-state index contributed by atoms with van der Waals surface area (Å²) in [6, 6.07) is 0. The number of imide groups is 1. The third-order valence-corrected chi connectivity index (χ3v) is 3.86. The number of carbonyl (C=O) groups is 2. The predicted molar refractivity (Wildman–Crippen MR) is 62.0 cm³/mol. The monoisotopic (exact) mass is 236 g/mol. The summed E-state index contributed by atoms with van der Waals surface area (Å²) < 4.78 is 0. The van der Waals surface area contributed by atoms with Crippen molar-refractivity contribution in [1.29, 1.82) is 0 Å². The molecule has 0 aromatic carbocycles. The van der Waals surface area contributed by atoms with Gasteiger partial charge in [0.05, 0.1) is 0 Å². The van der Waals surface area contributed by atoms with E-state index in [2.05, 4.69) is 0 Å². The normalized spacial score (nSPS) is 9.93. The standard InChI is InChI=1S/C8H16N2O2S2/c1-7(11)10(8(2)12)4-6-14-13-5-3-9/h3-6,9H2,1-2H3. The molecule has 14 heavy (non-hydrogen) atoms. The Morgan fingerprint density at radius 2 is 1.64 bits per heavy atom. The molecule has 0 heterocycles. The van der Waals surface area contributed by atoms with Crippen molar-refractivity contribution in [3.63, 3.8) is 0 Å². The SMILES string of the molecule is CC(=O)N(CCSSCCN)C(C)=O. The molecule has 0 rings (SSSR count). The van der Waals surface area contributed by atoms with Crippen LogP contribution in [0.4, 0.5) is 0 Å². The molecule has 4 nitrogen and oxygen atoms in total. The minimum absolute atomic E-state index is 0.193. The summed E-state index contributed by atoms with van der Waals surface area (Å²) in [4.78, 5) is 23.2. The molecular weight excluding hydrogens is 220 g/mol. The highest BCUT2D eigenvalue weighted by Crippen LogP contribution is 2.19. The molecule has 0 aliphatic rings.